The summed E-state index contributed by atoms with van der Waals surface area (Å²) in [5, 5.41) is 4.37. The lowest BCUT2D eigenvalue weighted by atomic mass is 10.1. The van der Waals surface area contributed by atoms with Gasteiger partial charge in [-0.05, 0) is 43.9 Å². The average molecular weight is 311 g/mol. The van der Waals surface area contributed by atoms with E-state index in [1.807, 2.05) is 0 Å². The van der Waals surface area contributed by atoms with Crippen molar-refractivity contribution in [2.24, 2.45) is 0 Å². The number of hydrogen-bond donors (Lipinski definition) is 1. The Bertz CT molecular complexity index is 448. The van der Waals surface area contributed by atoms with E-state index in [0.29, 0.717) is 12.1 Å². The molecule has 1 aliphatic carbocycles. The lowest BCUT2D eigenvalue weighted by Gasteiger charge is -2.31. The van der Waals surface area contributed by atoms with Gasteiger partial charge in [0.2, 0.25) is 0 Å². The summed E-state index contributed by atoms with van der Waals surface area (Å²) in [5.41, 5.74) is 2.37. The van der Waals surface area contributed by atoms with Crippen LogP contribution in [0, 0.1) is 0 Å². The van der Waals surface area contributed by atoms with Crippen LogP contribution in [0.3, 0.4) is 0 Å². The first-order valence-electron chi connectivity index (χ1n) is 7.93. The van der Waals surface area contributed by atoms with E-state index in [-0.39, 0.29) is 0 Å². The zero-order chi connectivity index (χ0) is 15.2. The Labute approximate surface area is 133 Å². The highest BCUT2D eigenvalue weighted by atomic mass is 35.5. The predicted molar refractivity (Wildman–Crippen MR) is 90.3 cm³/mol. The molecule has 1 saturated carbocycles. The average Bonchev–Trinajstić information content (AvgIpc) is 3.30. The van der Waals surface area contributed by atoms with Crippen molar-refractivity contribution in [3.63, 3.8) is 0 Å². The van der Waals surface area contributed by atoms with Crippen LogP contribution in [0.4, 0.5) is 5.69 Å². The number of nitrogens with one attached hydrogen (secondary N) is 1. The van der Waals surface area contributed by atoms with Crippen LogP contribution in [0.1, 0.15) is 38.7 Å². The van der Waals surface area contributed by atoms with Crippen molar-refractivity contribution in [2.75, 3.05) is 25.2 Å². The Balaban J connectivity index is 2.06. The van der Waals surface area contributed by atoms with E-state index in [1.165, 1.54) is 24.1 Å². The molecule has 1 fully saturated rings. The minimum atomic E-state index is 0.478. The molecule has 1 atom stereocenters. The van der Waals surface area contributed by atoms with Gasteiger partial charge in [-0.25, -0.2) is 0 Å². The van der Waals surface area contributed by atoms with Gasteiger partial charge in [-0.1, -0.05) is 24.6 Å². The van der Waals surface area contributed by atoms with Gasteiger partial charge in [0.25, 0.3) is 0 Å². The van der Waals surface area contributed by atoms with E-state index < -0.39 is 0 Å². The third kappa shape index (κ3) is 4.87. The second kappa shape index (κ2) is 8.02. The summed E-state index contributed by atoms with van der Waals surface area (Å²) in [6.07, 6.45) is 3.70. The monoisotopic (exact) mass is 310 g/mol. The highest BCUT2D eigenvalue weighted by molar-refractivity contribution is 6.31. The molecule has 0 amide bonds. The van der Waals surface area contributed by atoms with Crippen LogP contribution in [0.2, 0.25) is 5.02 Å². The third-order valence-corrected chi connectivity index (χ3v) is 4.54. The number of hydrogen-bond acceptors (Lipinski definition) is 3. The predicted octanol–water partition coefficient (Wildman–Crippen LogP) is 3.84. The molecule has 1 unspecified atom stereocenters. The van der Waals surface area contributed by atoms with Crippen molar-refractivity contribution in [3.05, 3.63) is 28.8 Å². The molecule has 0 heterocycles. The summed E-state index contributed by atoms with van der Waals surface area (Å²) in [5.74, 6) is 0. The lowest BCUT2D eigenvalue weighted by Crippen LogP contribution is -2.35. The summed E-state index contributed by atoms with van der Waals surface area (Å²) in [4.78, 5) is 2.37. The molecular formula is C17H27ClN2O. The second-order valence-electron chi connectivity index (χ2n) is 5.87. The Hall–Kier alpha value is -0.770. The van der Waals surface area contributed by atoms with Crippen molar-refractivity contribution in [1.82, 2.24) is 5.32 Å². The van der Waals surface area contributed by atoms with E-state index in [9.17, 15) is 0 Å². The molecule has 1 aromatic rings. The van der Waals surface area contributed by atoms with E-state index in [2.05, 4.69) is 42.3 Å². The van der Waals surface area contributed by atoms with E-state index in [0.717, 1.165) is 31.1 Å². The summed E-state index contributed by atoms with van der Waals surface area (Å²) in [7, 11) is 1.74. The number of ether oxygens (including phenoxy) is 1. The molecule has 118 valence electrons. The van der Waals surface area contributed by atoms with Crippen LogP contribution in [-0.2, 0) is 11.3 Å². The lowest BCUT2D eigenvalue weighted by molar-refractivity contribution is 0.203. The van der Waals surface area contributed by atoms with Gasteiger partial charge in [-0.2, -0.15) is 0 Å². The van der Waals surface area contributed by atoms with Gasteiger partial charge in [0, 0.05) is 43.0 Å². The normalized spacial score (nSPS) is 16.0. The fraction of sp³-hybridized carbons (Fsp3) is 0.647. The van der Waals surface area contributed by atoms with Gasteiger partial charge in [-0.15, -0.1) is 0 Å². The van der Waals surface area contributed by atoms with Crippen LogP contribution in [0.5, 0.6) is 0 Å². The first kappa shape index (κ1) is 16.6. The molecule has 0 bridgehead atoms. The van der Waals surface area contributed by atoms with E-state index in [1.54, 1.807) is 7.11 Å². The number of halogens is 1. The zero-order valence-electron chi connectivity index (χ0n) is 13.4. The third-order valence-electron chi connectivity index (χ3n) is 4.19. The van der Waals surface area contributed by atoms with Crippen molar-refractivity contribution < 1.29 is 4.74 Å². The highest BCUT2D eigenvalue weighted by Crippen LogP contribution is 2.27. The fourth-order valence-electron chi connectivity index (χ4n) is 2.41. The largest absolute Gasteiger partial charge is 0.383 e. The Morgan fingerprint density at radius 3 is 2.76 bits per heavy atom. The molecule has 2 rings (SSSR count). The van der Waals surface area contributed by atoms with Gasteiger partial charge in [0.15, 0.2) is 0 Å². The van der Waals surface area contributed by atoms with E-state index in [4.69, 9.17) is 16.3 Å². The minimum Gasteiger partial charge on any atom is -0.383 e. The smallest absolute Gasteiger partial charge is 0.0637 e. The van der Waals surface area contributed by atoms with Gasteiger partial charge in [0.05, 0.1) is 6.61 Å². The standard InChI is InChI=1S/C17H27ClN2O/c1-4-13(2)20(9-10-21-3)16-8-5-14(17(18)11-16)12-19-15-6-7-15/h5,8,11,13,15,19H,4,6-7,9-10,12H2,1-3H3. The van der Waals surface area contributed by atoms with Gasteiger partial charge in [0.1, 0.15) is 0 Å². The summed E-state index contributed by atoms with van der Waals surface area (Å²) in [6.45, 7) is 6.94. The SMILES string of the molecule is CCC(C)N(CCOC)c1ccc(CNC2CC2)c(Cl)c1. The Kier molecular flexibility index (Phi) is 6.34. The first-order chi connectivity index (χ1) is 10.2. The molecule has 21 heavy (non-hydrogen) atoms. The van der Waals surface area contributed by atoms with Crippen molar-refractivity contribution in [2.45, 2.75) is 51.7 Å². The second-order valence-corrected chi connectivity index (χ2v) is 6.28. The Morgan fingerprint density at radius 1 is 1.43 bits per heavy atom. The van der Waals surface area contributed by atoms with Crippen molar-refractivity contribution in [1.29, 1.82) is 0 Å². The Morgan fingerprint density at radius 2 is 2.19 bits per heavy atom. The van der Waals surface area contributed by atoms with Crippen LogP contribution in [0.25, 0.3) is 0 Å². The molecule has 1 N–H and O–H groups in total. The maximum Gasteiger partial charge on any atom is 0.0637 e. The van der Waals surface area contributed by atoms with Crippen molar-refractivity contribution in [3.8, 4) is 0 Å². The molecule has 0 aromatic heterocycles. The molecule has 0 radical (unpaired) electrons. The molecule has 4 heteroatoms. The number of anilines is 1. The number of methoxy groups -OCH3 is 1. The number of benzene rings is 1. The van der Waals surface area contributed by atoms with E-state index >= 15 is 0 Å². The van der Waals surface area contributed by atoms with Gasteiger partial charge >= 0.3 is 0 Å². The topological polar surface area (TPSA) is 24.5 Å². The molecule has 1 aliphatic rings. The molecule has 1 aromatic carbocycles. The maximum atomic E-state index is 6.46. The number of rotatable bonds is 9. The fourth-order valence-corrected chi connectivity index (χ4v) is 2.66. The summed E-state index contributed by atoms with van der Waals surface area (Å²) < 4.78 is 5.23. The molecule has 0 saturated heterocycles. The van der Waals surface area contributed by atoms with Crippen molar-refractivity contribution >= 4 is 17.3 Å². The van der Waals surface area contributed by atoms with Crippen LogP contribution < -0.4 is 10.2 Å². The van der Waals surface area contributed by atoms with Crippen LogP contribution in [0.15, 0.2) is 18.2 Å². The molecular weight excluding hydrogens is 284 g/mol. The zero-order valence-corrected chi connectivity index (χ0v) is 14.1. The molecule has 0 spiro atoms. The van der Waals surface area contributed by atoms with Gasteiger partial charge < -0.3 is 15.0 Å². The summed E-state index contributed by atoms with van der Waals surface area (Å²) >= 11 is 6.46. The minimum absolute atomic E-state index is 0.478. The first-order valence-corrected chi connectivity index (χ1v) is 8.30. The molecule has 3 nitrogen and oxygen atoms in total. The maximum absolute atomic E-state index is 6.46. The number of nitrogens with zero attached hydrogens (tertiary/aromatic N) is 1. The van der Waals surface area contributed by atoms with Crippen LogP contribution in [-0.4, -0.2) is 32.3 Å². The quantitative estimate of drug-likeness (QED) is 0.750. The molecule has 0 aliphatic heterocycles. The highest BCUT2D eigenvalue weighted by Gasteiger charge is 2.20. The van der Waals surface area contributed by atoms with Crippen LogP contribution >= 0.6 is 11.6 Å². The van der Waals surface area contributed by atoms with Gasteiger partial charge in [-0.3, -0.25) is 0 Å². The summed E-state index contributed by atoms with van der Waals surface area (Å²) in [6, 6.07) is 7.60.